The van der Waals surface area contributed by atoms with Crippen LogP contribution in [0.4, 0.5) is 5.69 Å². The maximum atomic E-state index is 6.33. The van der Waals surface area contributed by atoms with Gasteiger partial charge in [0, 0.05) is 32.6 Å². The first-order chi connectivity index (χ1) is 17.6. The monoisotopic (exact) mass is 532 g/mol. The van der Waals surface area contributed by atoms with Crippen LogP contribution in [0.3, 0.4) is 0 Å². The molecule has 2 aromatic heterocycles. The highest BCUT2D eigenvalue weighted by atomic mass is 35.5. The van der Waals surface area contributed by atoms with E-state index >= 15 is 0 Å². The molecule has 1 aliphatic rings. The fraction of sp³-hybridized carbons (Fsp3) is 0.0741. The Bertz CT molecular complexity index is 1540. The Morgan fingerprint density at radius 3 is 2.53 bits per heavy atom. The molecule has 0 aliphatic carbocycles. The van der Waals surface area contributed by atoms with Crippen molar-refractivity contribution < 1.29 is 9.15 Å². The van der Waals surface area contributed by atoms with Crippen LogP contribution in [0.25, 0.3) is 22.6 Å². The van der Waals surface area contributed by atoms with E-state index in [4.69, 9.17) is 37.3 Å². The highest BCUT2D eigenvalue weighted by molar-refractivity contribution is 7.98. The Hall–Kier alpha value is -3.52. The fourth-order valence-electron chi connectivity index (χ4n) is 3.86. The lowest BCUT2D eigenvalue weighted by atomic mass is 10.1. The van der Waals surface area contributed by atoms with E-state index < -0.39 is 6.23 Å². The predicted molar refractivity (Wildman–Crippen MR) is 142 cm³/mol. The zero-order chi connectivity index (χ0) is 24.5. The Morgan fingerprint density at radius 1 is 0.861 bits per heavy atom. The predicted octanol–water partition coefficient (Wildman–Crippen LogP) is 7.90. The van der Waals surface area contributed by atoms with Crippen LogP contribution in [0.15, 0.2) is 94.5 Å². The molecule has 9 heteroatoms. The van der Waals surface area contributed by atoms with Crippen molar-refractivity contribution in [3.8, 4) is 28.5 Å². The number of aromatic nitrogens is 3. The Labute approximate surface area is 221 Å². The molecule has 3 aromatic carbocycles. The molecule has 1 atom stereocenters. The van der Waals surface area contributed by atoms with Crippen LogP contribution < -0.4 is 10.1 Å². The van der Waals surface area contributed by atoms with Gasteiger partial charge in [-0.25, -0.2) is 0 Å². The maximum Gasteiger partial charge on any atom is 0.247 e. The van der Waals surface area contributed by atoms with Gasteiger partial charge in [-0.05, 0) is 54.1 Å². The van der Waals surface area contributed by atoms with E-state index in [-0.39, 0.29) is 0 Å². The Balaban J connectivity index is 1.32. The first-order valence-electron chi connectivity index (χ1n) is 11.1. The summed E-state index contributed by atoms with van der Waals surface area (Å²) in [5, 5.41) is 14.1. The average molecular weight is 533 g/mol. The minimum absolute atomic E-state index is 0.374. The van der Waals surface area contributed by atoms with E-state index in [1.807, 2.05) is 84.9 Å². The van der Waals surface area contributed by atoms with Gasteiger partial charge in [0.15, 0.2) is 11.5 Å². The number of rotatable bonds is 5. The molecule has 0 amide bonds. The van der Waals surface area contributed by atoms with E-state index in [2.05, 4.69) is 15.5 Å². The van der Waals surface area contributed by atoms with E-state index in [9.17, 15) is 0 Å². The lowest BCUT2D eigenvalue weighted by Gasteiger charge is -2.16. The summed E-state index contributed by atoms with van der Waals surface area (Å²) in [5.41, 5.74) is 4.17. The molecule has 3 heterocycles. The van der Waals surface area contributed by atoms with Crippen molar-refractivity contribution in [1.82, 2.24) is 15.2 Å². The van der Waals surface area contributed by atoms with Crippen LogP contribution >= 0.6 is 35.0 Å². The van der Waals surface area contributed by atoms with Crippen LogP contribution in [-0.2, 0) is 5.75 Å². The van der Waals surface area contributed by atoms with Crippen LogP contribution in [0.5, 0.6) is 5.88 Å². The fourth-order valence-corrected chi connectivity index (χ4v) is 5.05. The highest BCUT2D eigenvalue weighted by Gasteiger charge is 2.28. The molecule has 6 nitrogen and oxygen atoms in total. The quantitative estimate of drug-likeness (QED) is 0.230. The number of ether oxygens (including phenoxy) is 1. The molecule has 5 aromatic rings. The van der Waals surface area contributed by atoms with Crippen molar-refractivity contribution in [3.05, 3.63) is 106 Å². The number of furan rings is 1. The van der Waals surface area contributed by atoms with Crippen molar-refractivity contribution in [2.24, 2.45) is 0 Å². The van der Waals surface area contributed by atoms with Gasteiger partial charge in [0.05, 0.1) is 0 Å². The molecule has 1 aliphatic heterocycles. The van der Waals surface area contributed by atoms with Crippen molar-refractivity contribution in [1.29, 1.82) is 0 Å². The van der Waals surface area contributed by atoms with Gasteiger partial charge in [-0.3, -0.25) is 0 Å². The molecule has 0 saturated carbocycles. The number of hydrogen-bond acceptors (Lipinski definition) is 7. The molecular weight excluding hydrogens is 515 g/mol. The third-order valence-corrected chi connectivity index (χ3v) is 7.17. The van der Waals surface area contributed by atoms with Crippen LogP contribution in [0.1, 0.15) is 17.6 Å². The van der Waals surface area contributed by atoms with E-state index in [1.54, 1.807) is 0 Å². The van der Waals surface area contributed by atoms with Crippen LogP contribution in [0, 0.1) is 0 Å². The summed E-state index contributed by atoms with van der Waals surface area (Å²) in [4.78, 5) is 4.70. The zero-order valence-electron chi connectivity index (χ0n) is 18.7. The second kappa shape index (κ2) is 9.85. The standard InChI is InChI=1S/C27H18Cl2N4O2S/c28-18-11-9-16(10-12-18)22-13-14-23(34-22)25-30-21-8-4-2-6-19(21)24-26(35-25)31-27(33-32-24)36-15-17-5-1-3-7-20(17)29/h1-14,25,30H,15H2. The van der Waals surface area contributed by atoms with Crippen molar-refractivity contribution >= 4 is 40.7 Å². The summed E-state index contributed by atoms with van der Waals surface area (Å²) < 4.78 is 12.5. The molecule has 36 heavy (non-hydrogen) atoms. The molecule has 178 valence electrons. The molecule has 0 radical (unpaired) electrons. The minimum atomic E-state index is -0.619. The Morgan fingerprint density at radius 2 is 1.67 bits per heavy atom. The number of halogens is 2. The molecule has 1 N–H and O–H groups in total. The third-order valence-electron chi connectivity index (χ3n) is 5.66. The van der Waals surface area contributed by atoms with Gasteiger partial charge in [-0.15, -0.1) is 10.2 Å². The van der Waals surface area contributed by atoms with E-state index in [1.165, 1.54) is 11.8 Å². The van der Waals surface area contributed by atoms with Gasteiger partial charge in [0.2, 0.25) is 17.3 Å². The molecule has 0 fully saturated rings. The topological polar surface area (TPSA) is 73.1 Å². The average Bonchev–Trinajstić information content (AvgIpc) is 3.33. The molecule has 0 bridgehead atoms. The van der Waals surface area contributed by atoms with E-state index in [0.717, 1.165) is 22.4 Å². The summed E-state index contributed by atoms with van der Waals surface area (Å²) >= 11 is 13.8. The van der Waals surface area contributed by atoms with E-state index in [0.29, 0.717) is 44.0 Å². The molecule has 0 spiro atoms. The number of hydrogen-bond donors (Lipinski definition) is 1. The number of fused-ring (bicyclic) bond motifs is 3. The smallest absolute Gasteiger partial charge is 0.247 e. The number of benzene rings is 3. The molecule has 0 saturated heterocycles. The van der Waals surface area contributed by atoms with Gasteiger partial charge in [0.1, 0.15) is 5.76 Å². The van der Waals surface area contributed by atoms with Gasteiger partial charge >= 0.3 is 0 Å². The summed E-state index contributed by atoms with van der Waals surface area (Å²) in [6, 6.07) is 26.8. The number of thioether (sulfide) groups is 1. The molecule has 1 unspecified atom stereocenters. The number of nitrogens with one attached hydrogen (secondary N) is 1. The second-order valence-corrected chi connectivity index (χ2v) is 9.81. The summed E-state index contributed by atoms with van der Waals surface area (Å²) in [7, 11) is 0. The first-order valence-corrected chi connectivity index (χ1v) is 12.9. The second-order valence-electron chi connectivity index (χ2n) is 8.02. The SMILES string of the molecule is Clc1ccc(-c2ccc(C3Nc4ccccc4-c4nnc(SCc5ccccc5Cl)nc4O3)o2)cc1. The summed E-state index contributed by atoms with van der Waals surface area (Å²) in [6.45, 7) is 0. The highest BCUT2D eigenvalue weighted by Crippen LogP contribution is 2.40. The van der Waals surface area contributed by atoms with Crippen molar-refractivity contribution in [3.63, 3.8) is 0 Å². The first kappa shape index (κ1) is 22.9. The normalized spacial score (nSPS) is 14.2. The lowest BCUT2D eigenvalue weighted by molar-refractivity contribution is 0.196. The summed E-state index contributed by atoms with van der Waals surface area (Å²) in [5.74, 6) is 2.30. The van der Waals surface area contributed by atoms with Gasteiger partial charge in [-0.1, -0.05) is 71.4 Å². The number of para-hydroxylation sites is 1. The van der Waals surface area contributed by atoms with Gasteiger partial charge in [-0.2, -0.15) is 4.98 Å². The van der Waals surface area contributed by atoms with Crippen LogP contribution in [-0.4, -0.2) is 15.2 Å². The summed E-state index contributed by atoms with van der Waals surface area (Å²) in [6.07, 6.45) is -0.619. The number of nitrogens with zero attached hydrogens (tertiary/aromatic N) is 3. The molecular formula is C27H18Cl2N4O2S. The minimum Gasteiger partial charge on any atom is -0.455 e. The third kappa shape index (κ3) is 4.65. The lowest BCUT2D eigenvalue weighted by Crippen LogP contribution is -2.16. The number of anilines is 1. The van der Waals surface area contributed by atoms with Crippen LogP contribution in [0.2, 0.25) is 10.0 Å². The van der Waals surface area contributed by atoms with Crippen molar-refractivity contribution in [2.75, 3.05) is 5.32 Å². The van der Waals surface area contributed by atoms with Gasteiger partial charge < -0.3 is 14.5 Å². The van der Waals surface area contributed by atoms with Gasteiger partial charge in [0.25, 0.3) is 0 Å². The van der Waals surface area contributed by atoms with Crippen molar-refractivity contribution in [2.45, 2.75) is 17.1 Å². The maximum absolute atomic E-state index is 6.33. The molecule has 6 rings (SSSR count). The zero-order valence-corrected chi connectivity index (χ0v) is 21.0. The Kier molecular flexibility index (Phi) is 6.27. The largest absolute Gasteiger partial charge is 0.455 e.